The van der Waals surface area contributed by atoms with Gasteiger partial charge in [-0.15, -0.1) is 11.8 Å². The number of carbonyl (C=O) groups excluding carboxylic acids is 3. The quantitative estimate of drug-likeness (QED) is 0.420. The first-order valence-corrected chi connectivity index (χ1v) is 14.4. The molecule has 3 heterocycles. The van der Waals surface area contributed by atoms with Gasteiger partial charge >= 0.3 is 6.09 Å². The Morgan fingerprint density at radius 2 is 1.97 bits per heavy atom. The van der Waals surface area contributed by atoms with Gasteiger partial charge in [-0.25, -0.2) is 4.79 Å². The Morgan fingerprint density at radius 3 is 2.69 bits per heavy atom. The van der Waals surface area contributed by atoms with Crippen molar-refractivity contribution in [2.24, 2.45) is 5.73 Å². The Morgan fingerprint density at radius 1 is 1.15 bits per heavy atom. The molecule has 39 heavy (non-hydrogen) atoms. The van der Waals surface area contributed by atoms with E-state index in [1.807, 2.05) is 54.6 Å². The zero-order valence-electron chi connectivity index (χ0n) is 21.5. The monoisotopic (exact) mass is 569 g/mol. The second kappa shape index (κ2) is 12.3. The van der Waals surface area contributed by atoms with Gasteiger partial charge in [0.15, 0.2) is 0 Å². The van der Waals surface area contributed by atoms with Crippen LogP contribution in [-0.2, 0) is 20.7 Å². The van der Waals surface area contributed by atoms with Crippen LogP contribution in [0.25, 0.3) is 0 Å². The van der Waals surface area contributed by atoms with E-state index in [1.54, 1.807) is 0 Å². The number of hydrogen-bond acceptors (Lipinski definition) is 7. The van der Waals surface area contributed by atoms with Crippen LogP contribution < -0.4 is 26.2 Å². The van der Waals surface area contributed by atoms with Gasteiger partial charge in [-0.3, -0.25) is 14.5 Å². The van der Waals surface area contributed by atoms with E-state index >= 15 is 0 Å². The van der Waals surface area contributed by atoms with E-state index in [1.165, 1.54) is 16.7 Å². The molecule has 3 aliphatic rings. The fourth-order valence-electron chi connectivity index (χ4n) is 4.95. The SMILES string of the molecule is NC1CCN(c2ccc(N3CC(CNC(=O)C4CC=C(Cl)S4)OC3=O)cc2NC(=O)CCc2ccccc2)C1. The molecule has 5 rings (SSSR count). The van der Waals surface area contributed by atoms with E-state index in [0.29, 0.717) is 41.5 Å². The predicted octanol–water partition coefficient (Wildman–Crippen LogP) is 3.82. The lowest BCUT2D eigenvalue weighted by Crippen LogP contribution is -2.38. The number of allylic oxidation sites excluding steroid dienone is 1. The van der Waals surface area contributed by atoms with E-state index in [4.69, 9.17) is 22.1 Å². The lowest BCUT2D eigenvalue weighted by atomic mass is 10.1. The maximum absolute atomic E-state index is 12.9. The zero-order valence-corrected chi connectivity index (χ0v) is 23.0. The molecule has 0 saturated carbocycles. The number of rotatable bonds is 9. The summed E-state index contributed by atoms with van der Waals surface area (Å²) in [5.41, 5.74) is 9.36. The predicted molar refractivity (Wildman–Crippen MR) is 155 cm³/mol. The van der Waals surface area contributed by atoms with E-state index in [0.717, 1.165) is 24.2 Å². The number of nitrogens with zero attached hydrogens (tertiary/aromatic N) is 2. The molecule has 4 N–H and O–H groups in total. The van der Waals surface area contributed by atoms with Crippen molar-refractivity contribution in [3.63, 3.8) is 0 Å². The average Bonchev–Trinajstić information content (AvgIpc) is 3.66. The molecule has 9 nitrogen and oxygen atoms in total. The fourth-order valence-corrected chi connectivity index (χ4v) is 6.21. The molecule has 11 heteroatoms. The summed E-state index contributed by atoms with van der Waals surface area (Å²) in [5, 5.41) is 5.67. The summed E-state index contributed by atoms with van der Waals surface area (Å²) in [4.78, 5) is 41.8. The maximum atomic E-state index is 12.9. The molecule has 2 fully saturated rings. The molecule has 3 aliphatic heterocycles. The average molecular weight is 570 g/mol. The molecule has 0 aliphatic carbocycles. The number of nitrogens with one attached hydrogen (secondary N) is 2. The Balaban J connectivity index is 1.25. The molecular weight excluding hydrogens is 538 g/mol. The van der Waals surface area contributed by atoms with Gasteiger partial charge in [-0.2, -0.15) is 0 Å². The van der Waals surface area contributed by atoms with Crippen LogP contribution in [-0.4, -0.2) is 61.5 Å². The largest absolute Gasteiger partial charge is 0.442 e. The summed E-state index contributed by atoms with van der Waals surface area (Å²) in [5.74, 6) is -0.236. The number of aryl methyl sites for hydroxylation is 1. The summed E-state index contributed by atoms with van der Waals surface area (Å²) in [6.45, 7) is 1.98. The Labute approximate surface area is 237 Å². The molecule has 3 unspecified atom stereocenters. The minimum atomic E-state index is -0.494. The van der Waals surface area contributed by atoms with E-state index in [9.17, 15) is 14.4 Å². The topological polar surface area (TPSA) is 117 Å². The lowest BCUT2D eigenvalue weighted by molar-refractivity contribution is -0.121. The van der Waals surface area contributed by atoms with Crippen LogP contribution in [0.4, 0.5) is 21.9 Å². The molecule has 3 amide bonds. The normalized spacial score (nSPS) is 22.6. The molecular formula is C28H32ClN5O4S. The molecule has 0 aromatic heterocycles. The summed E-state index contributed by atoms with van der Waals surface area (Å²) in [6.07, 6.45) is 3.26. The van der Waals surface area contributed by atoms with Gasteiger partial charge in [0.25, 0.3) is 0 Å². The first-order valence-electron chi connectivity index (χ1n) is 13.1. The fraction of sp³-hybridized carbons (Fsp3) is 0.393. The maximum Gasteiger partial charge on any atom is 0.414 e. The molecule has 3 atom stereocenters. The van der Waals surface area contributed by atoms with Crippen LogP contribution in [0, 0.1) is 0 Å². The van der Waals surface area contributed by atoms with E-state index in [2.05, 4.69) is 15.5 Å². The Kier molecular flexibility index (Phi) is 8.64. The number of halogens is 1. The van der Waals surface area contributed by atoms with Gasteiger partial charge in [0.1, 0.15) is 6.10 Å². The van der Waals surface area contributed by atoms with Gasteiger partial charge in [-0.1, -0.05) is 48.0 Å². The molecule has 0 spiro atoms. The van der Waals surface area contributed by atoms with Crippen LogP contribution in [0.3, 0.4) is 0 Å². The molecule has 2 aromatic rings. The van der Waals surface area contributed by atoms with Crippen molar-refractivity contribution in [1.29, 1.82) is 0 Å². The van der Waals surface area contributed by atoms with Crippen molar-refractivity contribution in [2.75, 3.05) is 41.3 Å². The van der Waals surface area contributed by atoms with Gasteiger partial charge in [0.05, 0.1) is 34.1 Å². The van der Waals surface area contributed by atoms with Crippen LogP contribution in [0.15, 0.2) is 59.0 Å². The number of hydrogen-bond donors (Lipinski definition) is 3. The van der Waals surface area contributed by atoms with Crippen molar-refractivity contribution in [3.05, 3.63) is 64.5 Å². The third kappa shape index (κ3) is 6.87. The van der Waals surface area contributed by atoms with Crippen molar-refractivity contribution < 1.29 is 19.1 Å². The number of carbonyl (C=O) groups is 3. The first-order chi connectivity index (χ1) is 18.9. The number of amides is 3. The Bertz CT molecular complexity index is 1260. The minimum Gasteiger partial charge on any atom is -0.442 e. The molecule has 0 radical (unpaired) electrons. The summed E-state index contributed by atoms with van der Waals surface area (Å²) < 4.78 is 6.15. The smallest absolute Gasteiger partial charge is 0.414 e. The number of nitrogens with two attached hydrogens (primary N) is 1. The van der Waals surface area contributed by atoms with Gasteiger partial charge in [0, 0.05) is 31.2 Å². The summed E-state index contributed by atoms with van der Waals surface area (Å²) >= 11 is 7.29. The molecule has 206 valence electrons. The minimum absolute atomic E-state index is 0.0743. The highest BCUT2D eigenvalue weighted by atomic mass is 35.5. The highest BCUT2D eigenvalue weighted by molar-refractivity contribution is 8.06. The second-order valence-electron chi connectivity index (χ2n) is 9.94. The number of thioether (sulfide) groups is 1. The van der Waals surface area contributed by atoms with Gasteiger partial charge in [0.2, 0.25) is 11.8 Å². The second-order valence-corrected chi connectivity index (χ2v) is 11.8. The number of anilines is 3. The van der Waals surface area contributed by atoms with E-state index < -0.39 is 12.2 Å². The standard InChI is InChI=1S/C28H32ClN5O4S/c29-25-10-9-24(39-25)27(36)31-15-21-17-34(28(37)38-21)20-7-8-23(33-13-12-19(30)16-33)22(14-20)32-26(35)11-6-18-4-2-1-3-5-18/h1-5,7-8,10,14,19,21,24H,6,9,11-13,15-17,30H2,(H,31,36)(H,32,35). The van der Waals surface area contributed by atoms with Crippen LogP contribution in [0.2, 0.25) is 0 Å². The molecule has 0 bridgehead atoms. The van der Waals surface area contributed by atoms with Crippen molar-refractivity contribution >= 4 is 58.3 Å². The van der Waals surface area contributed by atoms with Gasteiger partial charge < -0.3 is 26.0 Å². The molecule has 2 aromatic carbocycles. The third-order valence-electron chi connectivity index (χ3n) is 7.03. The van der Waals surface area contributed by atoms with Crippen LogP contribution >= 0.6 is 23.4 Å². The third-order valence-corrected chi connectivity index (χ3v) is 8.54. The highest BCUT2D eigenvalue weighted by Crippen LogP contribution is 2.36. The van der Waals surface area contributed by atoms with Crippen molar-refractivity contribution in [3.8, 4) is 0 Å². The summed E-state index contributed by atoms with van der Waals surface area (Å²) in [6, 6.07) is 15.5. The van der Waals surface area contributed by atoms with Gasteiger partial charge in [-0.05, 0) is 43.0 Å². The number of ether oxygens (including phenoxy) is 1. The highest BCUT2D eigenvalue weighted by Gasteiger charge is 2.34. The van der Waals surface area contributed by atoms with Crippen LogP contribution in [0.1, 0.15) is 24.8 Å². The van der Waals surface area contributed by atoms with Crippen LogP contribution in [0.5, 0.6) is 0 Å². The number of benzene rings is 2. The lowest BCUT2D eigenvalue weighted by Gasteiger charge is -2.24. The first kappa shape index (κ1) is 27.4. The Hall–Kier alpha value is -3.21. The zero-order chi connectivity index (χ0) is 27.4. The number of cyclic esters (lactones) is 1. The van der Waals surface area contributed by atoms with E-state index in [-0.39, 0.29) is 36.2 Å². The summed E-state index contributed by atoms with van der Waals surface area (Å²) in [7, 11) is 0. The molecule has 2 saturated heterocycles. The van der Waals surface area contributed by atoms with Crippen molar-refractivity contribution in [2.45, 2.75) is 43.1 Å². The van der Waals surface area contributed by atoms with Crippen molar-refractivity contribution in [1.82, 2.24) is 5.32 Å².